The van der Waals surface area contributed by atoms with E-state index in [1.54, 1.807) is 20.8 Å². The summed E-state index contributed by atoms with van der Waals surface area (Å²) in [7, 11) is -3.98. The van der Waals surface area contributed by atoms with Crippen molar-refractivity contribution in [3.05, 3.63) is 40.8 Å². The van der Waals surface area contributed by atoms with E-state index in [-0.39, 0.29) is 10.7 Å². The summed E-state index contributed by atoms with van der Waals surface area (Å²) in [6, 6.07) is 3.93. The monoisotopic (exact) mass is 283 g/mol. The standard InChI is InChI=1S/C12H14FN3O2S/c1-7-4-5-10(13)11(6-7)19(17,18)16-12-8(2)9(3)14-15-12/h4-6H,1-3H3,(H2,14,15,16). The number of nitrogens with zero attached hydrogens (tertiary/aromatic N) is 1. The fourth-order valence-corrected chi connectivity index (χ4v) is 2.81. The van der Waals surface area contributed by atoms with Gasteiger partial charge < -0.3 is 0 Å². The molecule has 0 aliphatic carbocycles. The molecule has 7 heteroatoms. The lowest BCUT2D eigenvalue weighted by atomic mass is 10.2. The smallest absolute Gasteiger partial charge is 0.266 e. The molecule has 1 heterocycles. The van der Waals surface area contributed by atoms with E-state index in [0.29, 0.717) is 11.1 Å². The second-order valence-corrected chi connectivity index (χ2v) is 6.01. The molecule has 0 unspecified atom stereocenters. The molecule has 102 valence electrons. The van der Waals surface area contributed by atoms with Gasteiger partial charge in [0.1, 0.15) is 10.7 Å². The molecular weight excluding hydrogens is 269 g/mol. The lowest BCUT2D eigenvalue weighted by Crippen LogP contribution is -2.15. The molecule has 2 aromatic rings. The van der Waals surface area contributed by atoms with E-state index in [1.165, 1.54) is 12.1 Å². The molecular formula is C12H14FN3O2S. The maximum absolute atomic E-state index is 13.6. The van der Waals surface area contributed by atoms with Crippen LogP contribution in [0.25, 0.3) is 0 Å². The number of halogens is 1. The van der Waals surface area contributed by atoms with Crippen molar-refractivity contribution in [2.24, 2.45) is 0 Å². The van der Waals surface area contributed by atoms with Crippen molar-refractivity contribution >= 4 is 15.8 Å². The largest absolute Gasteiger partial charge is 0.280 e. The second-order valence-electron chi connectivity index (χ2n) is 4.36. The molecule has 1 aromatic carbocycles. The highest BCUT2D eigenvalue weighted by Crippen LogP contribution is 2.21. The SMILES string of the molecule is Cc1ccc(F)c(S(=O)(=O)Nc2n[nH]c(C)c2C)c1. The van der Waals surface area contributed by atoms with Gasteiger partial charge in [0, 0.05) is 11.3 Å². The van der Waals surface area contributed by atoms with Crippen molar-refractivity contribution in [3.8, 4) is 0 Å². The number of nitrogens with one attached hydrogen (secondary N) is 2. The lowest BCUT2D eigenvalue weighted by Gasteiger charge is -2.08. The highest BCUT2D eigenvalue weighted by Gasteiger charge is 2.21. The number of anilines is 1. The minimum absolute atomic E-state index is 0.179. The summed E-state index contributed by atoms with van der Waals surface area (Å²) >= 11 is 0. The van der Waals surface area contributed by atoms with E-state index in [0.717, 1.165) is 11.8 Å². The third kappa shape index (κ3) is 2.60. The number of benzene rings is 1. The fourth-order valence-electron chi connectivity index (χ4n) is 1.58. The summed E-state index contributed by atoms with van der Waals surface area (Å²) in [5.74, 6) is -0.610. The van der Waals surface area contributed by atoms with Crippen LogP contribution in [-0.2, 0) is 10.0 Å². The van der Waals surface area contributed by atoms with Gasteiger partial charge in [-0.1, -0.05) is 6.07 Å². The van der Waals surface area contributed by atoms with Crippen LogP contribution in [0.3, 0.4) is 0 Å². The van der Waals surface area contributed by atoms with Crippen LogP contribution in [0.2, 0.25) is 0 Å². The molecule has 1 aromatic heterocycles. The van der Waals surface area contributed by atoms with Crippen molar-refractivity contribution < 1.29 is 12.8 Å². The minimum atomic E-state index is -3.98. The zero-order valence-electron chi connectivity index (χ0n) is 10.8. The number of rotatable bonds is 3. The highest BCUT2D eigenvalue weighted by molar-refractivity contribution is 7.92. The summed E-state index contributed by atoms with van der Waals surface area (Å²) in [6.07, 6.45) is 0. The topological polar surface area (TPSA) is 74.8 Å². The number of aromatic nitrogens is 2. The molecule has 0 aliphatic heterocycles. The molecule has 0 bridgehead atoms. The van der Waals surface area contributed by atoms with Crippen LogP contribution in [0.1, 0.15) is 16.8 Å². The highest BCUT2D eigenvalue weighted by atomic mass is 32.2. The Morgan fingerprint density at radius 2 is 1.95 bits per heavy atom. The number of aryl methyl sites for hydroxylation is 2. The number of H-pyrrole nitrogens is 1. The molecule has 2 N–H and O–H groups in total. The number of hydrogen-bond donors (Lipinski definition) is 2. The van der Waals surface area contributed by atoms with Crippen molar-refractivity contribution in [3.63, 3.8) is 0 Å². The molecule has 0 radical (unpaired) electrons. The summed E-state index contributed by atoms with van der Waals surface area (Å²) in [5.41, 5.74) is 2.09. The van der Waals surface area contributed by atoms with Gasteiger partial charge in [0.15, 0.2) is 5.82 Å². The van der Waals surface area contributed by atoms with E-state index >= 15 is 0 Å². The van der Waals surface area contributed by atoms with Crippen LogP contribution in [0.4, 0.5) is 10.2 Å². The summed E-state index contributed by atoms with van der Waals surface area (Å²) < 4.78 is 40.2. The Morgan fingerprint density at radius 1 is 1.26 bits per heavy atom. The zero-order chi connectivity index (χ0) is 14.2. The van der Waals surface area contributed by atoms with Gasteiger partial charge in [0.05, 0.1) is 0 Å². The Morgan fingerprint density at radius 3 is 2.53 bits per heavy atom. The summed E-state index contributed by atoms with van der Waals surface area (Å²) in [5, 5.41) is 6.51. The Hall–Kier alpha value is -1.89. The average Bonchev–Trinajstić information content (AvgIpc) is 2.63. The van der Waals surface area contributed by atoms with Gasteiger partial charge in [-0.3, -0.25) is 9.82 Å². The van der Waals surface area contributed by atoms with Crippen LogP contribution in [0, 0.1) is 26.6 Å². The molecule has 19 heavy (non-hydrogen) atoms. The number of hydrogen-bond acceptors (Lipinski definition) is 3. The first-order valence-corrected chi connectivity index (χ1v) is 7.10. The summed E-state index contributed by atoms with van der Waals surface area (Å²) in [4.78, 5) is -0.382. The van der Waals surface area contributed by atoms with Gasteiger partial charge >= 0.3 is 0 Å². The Bertz CT molecular complexity index is 723. The quantitative estimate of drug-likeness (QED) is 0.907. The van der Waals surface area contributed by atoms with Crippen LogP contribution < -0.4 is 4.72 Å². The zero-order valence-corrected chi connectivity index (χ0v) is 11.6. The normalized spacial score (nSPS) is 11.6. The van der Waals surface area contributed by atoms with Gasteiger partial charge in [-0.05, 0) is 38.5 Å². The average molecular weight is 283 g/mol. The van der Waals surface area contributed by atoms with E-state index in [9.17, 15) is 12.8 Å². The Balaban J connectivity index is 2.43. The van der Waals surface area contributed by atoms with Gasteiger partial charge in [0.2, 0.25) is 0 Å². The van der Waals surface area contributed by atoms with Crippen molar-refractivity contribution in [1.82, 2.24) is 10.2 Å². The molecule has 0 atom stereocenters. The maximum atomic E-state index is 13.6. The van der Waals surface area contributed by atoms with E-state index < -0.39 is 15.8 Å². The van der Waals surface area contributed by atoms with Crippen molar-refractivity contribution in [1.29, 1.82) is 0 Å². The van der Waals surface area contributed by atoms with Crippen LogP contribution in [-0.4, -0.2) is 18.6 Å². The summed E-state index contributed by atoms with van der Waals surface area (Å²) in [6.45, 7) is 5.19. The molecule has 0 fully saturated rings. The minimum Gasteiger partial charge on any atom is -0.280 e. The predicted octanol–water partition coefficient (Wildman–Crippen LogP) is 2.27. The van der Waals surface area contributed by atoms with E-state index in [4.69, 9.17) is 0 Å². The first-order valence-electron chi connectivity index (χ1n) is 5.62. The third-order valence-electron chi connectivity index (χ3n) is 2.86. The fraction of sp³-hybridized carbons (Fsp3) is 0.250. The van der Waals surface area contributed by atoms with E-state index in [1.807, 2.05) is 0 Å². The number of sulfonamides is 1. The molecule has 5 nitrogen and oxygen atoms in total. The van der Waals surface area contributed by atoms with Crippen LogP contribution in [0.15, 0.2) is 23.1 Å². The Labute approximate surface area is 110 Å². The first-order chi connectivity index (χ1) is 8.81. The predicted molar refractivity (Wildman–Crippen MR) is 70.0 cm³/mol. The van der Waals surface area contributed by atoms with Crippen molar-refractivity contribution in [2.75, 3.05) is 4.72 Å². The maximum Gasteiger partial charge on any atom is 0.266 e. The van der Waals surface area contributed by atoms with Gasteiger partial charge in [0.25, 0.3) is 10.0 Å². The van der Waals surface area contributed by atoms with Crippen molar-refractivity contribution in [2.45, 2.75) is 25.7 Å². The van der Waals surface area contributed by atoms with Gasteiger partial charge in [-0.25, -0.2) is 12.8 Å². The second kappa shape index (κ2) is 4.65. The molecule has 0 saturated heterocycles. The molecule has 0 amide bonds. The van der Waals surface area contributed by atoms with Gasteiger partial charge in [-0.15, -0.1) is 0 Å². The van der Waals surface area contributed by atoms with Crippen LogP contribution >= 0.6 is 0 Å². The molecule has 0 aliphatic rings. The molecule has 0 saturated carbocycles. The molecule has 0 spiro atoms. The number of aromatic amines is 1. The third-order valence-corrected chi connectivity index (χ3v) is 4.21. The molecule has 2 rings (SSSR count). The lowest BCUT2D eigenvalue weighted by molar-refractivity contribution is 0.569. The van der Waals surface area contributed by atoms with E-state index in [2.05, 4.69) is 14.9 Å². The van der Waals surface area contributed by atoms with Gasteiger partial charge in [-0.2, -0.15) is 5.10 Å². The Kier molecular flexibility index (Phi) is 3.32. The first kappa shape index (κ1) is 13.5. The van der Waals surface area contributed by atoms with Crippen LogP contribution in [0.5, 0.6) is 0 Å².